The molecule has 0 saturated carbocycles. The Morgan fingerprint density at radius 3 is 2.16 bits per heavy atom. The van der Waals surface area contributed by atoms with Gasteiger partial charge in [0.1, 0.15) is 12.2 Å². The number of likely N-dealkylation sites (tertiary alicyclic amines) is 1. The van der Waals surface area contributed by atoms with Crippen molar-refractivity contribution in [1.82, 2.24) is 9.80 Å². The molecule has 0 bridgehead atoms. The maximum Gasteiger partial charge on any atom is 0.417 e. The van der Waals surface area contributed by atoms with E-state index in [1.807, 2.05) is 60.7 Å². The number of ether oxygens (including phenoxy) is 2. The number of carbonyl (C=O) groups is 3. The summed E-state index contributed by atoms with van der Waals surface area (Å²) in [6.07, 6.45) is -4.71. The summed E-state index contributed by atoms with van der Waals surface area (Å²) in [5, 5.41) is 0. The van der Waals surface area contributed by atoms with Gasteiger partial charge in [-0.1, -0.05) is 66.7 Å². The lowest BCUT2D eigenvalue weighted by Crippen LogP contribution is -2.54. The summed E-state index contributed by atoms with van der Waals surface area (Å²) in [6.45, 7) is 5.57. The van der Waals surface area contributed by atoms with E-state index in [-0.39, 0.29) is 63.0 Å². The lowest BCUT2D eigenvalue weighted by atomic mass is 9.82. The van der Waals surface area contributed by atoms with E-state index in [1.54, 1.807) is 30.6 Å². The van der Waals surface area contributed by atoms with Crippen LogP contribution in [0.3, 0.4) is 0 Å². The molecule has 3 saturated heterocycles. The van der Waals surface area contributed by atoms with Crippen LogP contribution in [0.4, 0.5) is 28.0 Å². The quantitative estimate of drug-likeness (QED) is 0.182. The van der Waals surface area contributed by atoms with Crippen LogP contribution in [0.2, 0.25) is 0 Å². The van der Waals surface area contributed by atoms with Crippen molar-refractivity contribution < 1.29 is 41.4 Å². The number of alkyl halides is 4. The van der Waals surface area contributed by atoms with E-state index in [4.69, 9.17) is 9.47 Å². The summed E-state index contributed by atoms with van der Waals surface area (Å²) in [7, 11) is 0. The highest BCUT2D eigenvalue weighted by atomic mass is 19.4. The van der Waals surface area contributed by atoms with Gasteiger partial charge in [0.2, 0.25) is 5.67 Å². The molecular formula is C39H43F4N3O5. The lowest BCUT2D eigenvalue weighted by Gasteiger charge is -2.37. The van der Waals surface area contributed by atoms with Crippen molar-refractivity contribution in [2.75, 3.05) is 37.7 Å². The monoisotopic (exact) mass is 709 g/mol. The van der Waals surface area contributed by atoms with Crippen molar-refractivity contribution >= 4 is 23.7 Å². The molecule has 0 aromatic heterocycles. The second-order valence-electron chi connectivity index (χ2n) is 14.7. The molecule has 6 rings (SSSR count). The summed E-state index contributed by atoms with van der Waals surface area (Å²) >= 11 is 0. The molecule has 12 heteroatoms. The third-order valence-corrected chi connectivity index (χ3v) is 9.85. The highest BCUT2D eigenvalue weighted by Gasteiger charge is 2.59. The topological polar surface area (TPSA) is 79.4 Å². The number of hydrogen-bond acceptors (Lipinski definition) is 7. The number of piperidine rings is 1. The number of imide groups is 1. The van der Waals surface area contributed by atoms with Gasteiger partial charge in [-0.15, -0.1) is 0 Å². The first-order chi connectivity index (χ1) is 24.1. The van der Waals surface area contributed by atoms with E-state index >= 15 is 4.39 Å². The Kier molecular flexibility index (Phi) is 10.2. The molecule has 3 fully saturated rings. The zero-order valence-electron chi connectivity index (χ0n) is 29.0. The summed E-state index contributed by atoms with van der Waals surface area (Å²) in [6, 6.07) is 20.9. The number of halogens is 4. The summed E-state index contributed by atoms with van der Waals surface area (Å²) in [5.41, 5.74) is -2.19. The minimum absolute atomic E-state index is 0.0100. The molecule has 51 heavy (non-hydrogen) atoms. The molecule has 0 N–H and O–H groups in total. The van der Waals surface area contributed by atoms with Crippen molar-refractivity contribution in [3.05, 3.63) is 101 Å². The largest absolute Gasteiger partial charge is 0.460 e. The predicted octanol–water partition coefficient (Wildman–Crippen LogP) is 7.16. The van der Waals surface area contributed by atoms with Gasteiger partial charge in [0.25, 0.3) is 5.91 Å². The molecule has 0 spiro atoms. The molecule has 3 atom stereocenters. The van der Waals surface area contributed by atoms with Crippen LogP contribution >= 0.6 is 0 Å². The van der Waals surface area contributed by atoms with E-state index in [1.165, 1.54) is 6.07 Å². The molecular weight excluding hydrogens is 666 g/mol. The van der Waals surface area contributed by atoms with Gasteiger partial charge in [-0.05, 0) is 68.9 Å². The van der Waals surface area contributed by atoms with Crippen LogP contribution in [0.1, 0.15) is 61.8 Å². The number of anilines is 1. The number of nitrogens with zero attached hydrogens (tertiary/aromatic N) is 3. The van der Waals surface area contributed by atoms with Crippen LogP contribution in [-0.2, 0) is 38.2 Å². The predicted molar refractivity (Wildman–Crippen MR) is 183 cm³/mol. The standard InChI is InChI=1S/C39H43F4N3O5/c1-37(2,3)51-34(47)28-16-18-45(19-17-28)33-21-29(39(41,42)43)14-15-31(33)32-23-44(22-27-12-8-5-9-13-27)25-38(32,40)35(48)46-30(24-50-36(46)49)20-26-10-6-4-7-11-26/h4-15,21,28,30,32H,16-20,22-25H2,1-3H3/t30-,32-,38-/m1/s1. The Balaban J connectivity index is 1.36. The smallest absolute Gasteiger partial charge is 0.417 e. The van der Waals surface area contributed by atoms with E-state index in [0.717, 1.165) is 28.2 Å². The molecule has 0 aliphatic carbocycles. The molecule has 3 aliphatic rings. The Bertz CT molecular complexity index is 1720. The van der Waals surface area contributed by atoms with Gasteiger partial charge in [-0.25, -0.2) is 14.1 Å². The molecule has 3 aliphatic heterocycles. The highest BCUT2D eigenvalue weighted by Crippen LogP contribution is 2.47. The maximum atomic E-state index is 18.0. The normalized spacial score (nSPS) is 23.4. The third kappa shape index (κ3) is 8.06. The van der Waals surface area contributed by atoms with Gasteiger partial charge < -0.3 is 14.4 Å². The fraction of sp³-hybridized carbons (Fsp3) is 0.462. The molecule has 8 nitrogen and oxygen atoms in total. The SMILES string of the molecule is CC(C)(C)OC(=O)C1CCN(c2cc(C(F)(F)F)ccc2[C@H]2CN(Cc3ccccc3)C[C@]2(F)C(=O)N2C(=O)OC[C@H]2Cc2ccccc2)CC1. The second kappa shape index (κ2) is 14.3. The molecule has 3 heterocycles. The van der Waals surface area contributed by atoms with Crippen LogP contribution < -0.4 is 4.90 Å². The van der Waals surface area contributed by atoms with Gasteiger partial charge in [-0.3, -0.25) is 14.5 Å². The van der Waals surface area contributed by atoms with Crippen molar-refractivity contribution in [2.24, 2.45) is 5.92 Å². The third-order valence-electron chi connectivity index (χ3n) is 9.85. The van der Waals surface area contributed by atoms with E-state index in [9.17, 15) is 27.6 Å². The fourth-order valence-electron chi connectivity index (χ4n) is 7.40. The molecule has 3 aromatic carbocycles. The number of rotatable bonds is 8. The van der Waals surface area contributed by atoms with Gasteiger partial charge in [0.05, 0.1) is 17.5 Å². The number of amides is 2. The van der Waals surface area contributed by atoms with Crippen molar-refractivity contribution in [2.45, 2.75) is 76.0 Å². The van der Waals surface area contributed by atoms with Gasteiger partial charge in [-0.2, -0.15) is 13.2 Å². The Labute approximate surface area is 295 Å². The Morgan fingerprint density at radius 2 is 1.55 bits per heavy atom. The maximum absolute atomic E-state index is 18.0. The number of carbonyl (C=O) groups excluding carboxylic acids is 3. The minimum atomic E-state index is -4.68. The molecule has 0 radical (unpaired) electrons. The van der Waals surface area contributed by atoms with Crippen LogP contribution in [0.15, 0.2) is 78.9 Å². The first-order valence-corrected chi connectivity index (χ1v) is 17.3. The van der Waals surface area contributed by atoms with E-state index in [2.05, 4.69) is 0 Å². The first kappa shape index (κ1) is 36.3. The molecule has 272 valence electrons. The summed E-state index contributed by atoms with van der Waals surface area (Å²) in [4.78, 5) is 44.8. The van der Waals surface area contributed by atoms with Gasteiger partial charge in [0, 0.05) is 44.3 Å². The van der Waals surface area contributed by atoms with Crippen molar-refractivity contribution in [3.8, 4) is 0 Å². The Hall–Kier alpha value is -4.45. The zero-order valence-corrected chi connectivity index (χ0v) is 29.0. The van der Waals surface area contributed by atoms with Crippen molar-refractivity contribution in [1.29, 1.82) is 0 Å². The van der Waals surface area contributed by atoms with Gasteiger partial charge >= 0.3 is 18.2 Å². The van der Waals surface area contributed by atoms with Gasteiger partial charge in [0.15, 0.2) is 0 Å². The molecule has 3 aromatic rings. The average molecular weight is 710 g/mol. The van der Waals surface area contributed by atoms with E-state index in [0.29, 0.717) is 12.8 Å². The first-order valence-electron chi connectivity index (χ1n) is 17.3. The number of hydrogen-bond donors (Lipinski definition) is 0. The van der Waals surface area contributed by atoms with Crippen LogP contribution in [-0.4, -0.2) is 77.9 Å². The van der Waals surface area contributed by atoms with E-state index < -0.39 is 52.9 Å². The van der Waals surface area contributed by atoms with Crippen LogP contribution in [0.5, 0.6) is 0 Å². The Morgan fingerprint density at radius 1 is 0.922 bits per heavy atom. The average Bonchev–Trinajstić information content (AvgIpc) is 3.62. The fourth-order valence-corrected chi connectivity index (χ4v) is 7.40. The van der Waals surface area contributed by atoms with Crippen LogP contribution in [0.25, 0.3) is 0 Å². The summed E-state index contributed by atoms with van der Waals surface area (Å²) < 4.78 is 71.3. The summed E-state index contributed by atoms with van der Waals surface area (Å²) in [5.74, 6) is -3.09. The van der Waals surface area contributed by atoms with Crippen molar-refractivity contribution in [3.63, 3.8) is 0 Å². The second-order valence-corrected chi connectivity index (χ2v) is 14.7. The molecule has 0 unspecified atom stereocenters. The minimum Gasteiger partial charge on any atom is -0.460 e. The van der Waals surface area contributed by atoms with Crippen LogP contribution in [0, 0.1) is 5.92 Å². The molecule has 2 amide bonds. The highest BCUT2D eigenvalue weighted by molar-refractivity contribution is 5.99. The number of esters is 1. The zero-order chi connectivity index (χ0) is 36.6. The number of benzene rings is 3. The lowest BCUT2D eigenvalue weighted by molar-refractivity contribution is -0.160. The number of cyclic esters (lactones) is 1.